The van der Waals surface area contributed by atoms with Crippen LogP contribution >= 0.6 is 0 Å². The zero-order valence-electron chi connectivity index (χ0n) is 12.9. The summed E-state index contributed by atoms with van der Waals surface area (Å²) in [6.45, 7) is 1.21. The van der Waals surface area contributed by atoms with Gasteiger partial charge in [-0.3, -0.25) is 0 Å². The number of aliphatic hydroxyl groups excluding tert-OH is 1. The van der Waals surface area contributed by atoms with Gasteiger partial charge >= 0.3 is 0 Å². The molecule has 0 saturated carbocycles. The van der Waals surface area contributed by atoms with Gasteiger partial charge < -0.3 is 9.67 Å². The number of nitrogens with zero attached hydrogens (tertiary/aromatic N) is 2. The first-order valence-corrected chi connectivity index (χ1v) is 7.37. The summed E-state index contributed by atoms with van der Waals surface area (Å²) < 4.78 is 43.2. The summed E-state index contributed by atoms with van der Waals surface area (Å²) in [7, 11) is 0. The molecule has 1 aromatic heterocycles. The van der Waals surface area contributed by atoms with Crippen molar-refractivity contribution in [1.82, 2.24) is 9.55 Å². The molecule has 2 aromatic carbocycles. The van der Waals surface area contributed by atoms with Crippen molar-refractivity contribution in [2.45, 2.75) is 13.0 Å². The molecule has 24 heavy (non-hydrogen) atoms. The number of hydrogen-bond donors (Lipinski definition) is 1. The van der Waals surface area contributed by atoms with E-state index < -0.39 is 23.5 Å². The number of rotatable bonds is 4. The number of aromatic nitrogens is 2. The van der Waals surface area contributed by atoms with Crippen LogP contribution in [0.2, 0.25) is 0 Å². The molecule has 0 radical (unpaired) electrons. The molecule has 3 aromatic rings. The van der Waals surface area contributed by atoms with E-state index in [0.29, 0.717) is 11.1 Å². The van der Waals surface area contributed by atoms with Gasteiger partial charge in [-0.1, -0.05) is 18.2 Å². The molecule has 0 fully saturated rings. The maximum Gasteiger partial charge on any atom is 0.146 e. The predicted octanol–water partition coefficient (Wildman–Crippen LogP) is 3.86. The minimum atomic E-state index is -0.735. The van der Waals surface area contributed by atoms with Gasteiger partial charge in [0.15, 0.2) is 0 Å². The third-order valence-electron chi connectivity index (χ3n) is 3.94. The Balaban J connectivity index is 2.14. The molecule has 0 aliphatic rings. The van der Waals surface area contributed by atoms with E-state index >= 15 is 0 Å². The van der Waals surface area contributed by atoms with Crippen molar-refractivity contribution in [3.63, 3.8) is 0 Å². The molecule has 0 aliphatic heterocycles. The molecule has 124 valence electrons. The number of aryl methyl sites for hydroxylation is 1. The van der Waals surface area contributed by atoms with E-state index in [2.05, 4.69) is 4.98 Å². The normalized spacial score (nSPS) is 12.4. The van der Waals surface area contributed by atoms with Crippen molar-refractivity contribution >= 4 is 0 Å². The molecule has 3 rings (SSSR count). The van der Waals surface area contributed by atoms with Gasteiger partial charge in [0.1, 0.15) is 23.3 Å². The summed E-state index contributed by atoms with van der Waals surface area (Å²) in [6.07, 6.45) is 2.93. The van der Waals surface area contributed by atoms with Crippen LogP contribution < -0.4 is 0 Å². The van der Waals surface area contributed by atoms with Crippen LogP contribution in [0, 0.1) is 24.4 Å². The molecule has 0 saturated heterocycles. The smallest absolute Gasteiger partial charge is 0.146 e. The van der Waals surface area contributed by atoms with Crippen LogP contribution in [0.3, 0.4) is 0 Å². The highest BCUT2D eigenvalue weighted by atomic mass is 19.1. The van der Waals surface area contributed by atoms with Crippen molar-refractivity contribution in [3.8, 4) is 11.4 Å². The van der Waals surface area contributed by atoms with Gasteiger partial charge in [0.25, 0.3) is 0 Å². The fraction of sp³-hybridized carbons (Fsp3) is 0.167. The summed E-state index contributed by atoms with van der Waals surface area (Å²) >= 11 is 0. The maximum atomic E-state index is 14.4. The molecular weight excluding hydrogens is 317 g/mol. The van der Waals surface area contributed by atoms with Gasteiger partial charge in [0, 0.05) is 12.4 Å². The van der Waals surface area contributed by atoms with Crippen molar-refractivity contribution in [3.05, 3.63) is 77.4 Å². The van der Waals surface area contributed by atoms with Crippen molar-refractivity contribution < 1.29 is 18.3 Å². The SMILES string of the molecule is Cc1ccc(F)c(-c2nccn2C(CO)c2ccc(F)cc2)c1F. The van der Waals surface area contributed by atoms with Crippen LogP contribution in [0.5, 0.6) is 0 Å². The number of benzene rings is 2. The van der Waals surface area contributed by atoms with Crippen LogP contribution in [0.4, 0.5) is 13.2 Å². The average Bonchev–Trinajstić information content (AvgIpc) is 3.03. The second-order valence-corrected chi connectivity index (χ2v) is 5.46. The van der Waals surface area contributed by atoms with Gasteiger partial charge in [0.2, 0.25) is 0 Å². The van der Waals surface area contributed by atoms with E-state index in [1.54, 1.807) is 0 Å². The van der Waals surface area contributed by atoms with E-state index in [1.807, 2.05) is 0 Å². The third-order valence-corrected chi connectivity index (χ3v) is 3.94. The zero-order valence-corrected chi connectivity index (χ0v) is 12.9. The molecule has 1 heterocycles. The first kappa shape index (κ1) is 16.3. The van der Waals surface area contributed by atoms with Crippen molar-refractivity contribution in [2.75, 3.05) is 6.61 Å². The summed E-state index contributed by atoms with van der Waals surface area (Å²) in [5, 5.41) is 9.76. The van der Waals surface area contributed by atoms with E-state index in [9.17, 15) is 18.3 Å². The van der Waals surface area contributed by atoms with Crippen LogP contribution in [0.15, 0.2) is 48.8 Å². The number of hydrogen-bond acceptors (Lipinski definition) is 2. The Kier molecular flexibility index (Phi) is 4.40. The predicted molar refractivity (Wildman–Crippen MR) is 83.9 cm³/mol. The summed E-state index contributed by atoms with van der Waals surface area (Å²) in [4.78, 5) is 4.06. The quantitative estimate of drug-likeness (QED) is 0.788. The van der Waals surface area contributed by atoms with Gasteiger partial charge in [-0.15, -0.1) is 0 Å². The number of aliphatic hydroxyl groups is 1. The van der Waals surface area contributed by atoms with Gasteiger partial charge in [-0.2, -0.15) is 0 Å². The van der Waals surface area contributed by atoms with Gasteiger partial charge in [-0.25, -0.2) is 18.2 Å². The Morgan fingerprint density at radius 2 is 1.79 bits per heavy atom. The van der Waals surface area contributed by atoms with E-state index in [4.69, 9.17) is 0 Å². The highest BCUT2D eigenvalue weighted by Crippen LogP contribution is 2.30. The largest absolute Gasteiger partial charge is 0.394 e. The average molecular weight is 332 g/mol. The third kappa shape index (κ3) is 2.80. The topological polar surface area (TPSA) is 38.0 Å². The lowest BCUT2D eigenvalue weighted by atomic mass is 10.1. The maximum absolute atomic E-state index is 14.4. The molecule has 0 amide bonds. The van der Waals surface area contributed by atoms with Gasteiger partial charge in [0.05, 0.1) is 18.2 Å². The monoisotopic (exact) mass is 332 g/mol. The summed E-state index contributed by atoms with van der Waals surface area (Å²) in [5.74, 6) is -1.77. The van der Waals surface area contributed by atoms with Crippen LogP contribution in [0.1, 0.15) is 17.2 Å². The number of halogens is 3. The minimum absolute atomic E-state index is 0.0667. The van der Waals surface area contributed by atoms with Gasteiger partial charge in [-0.05, 0) is 36.2 Å². The Bertz CT molecular complexity index is 859. The van der Waals surface area contributed by atoms with E-state index in [1.165, 1.54) is 60.3 Å². The molecular formula is C18H15F3N2O. The molecule has 1 N–H and O–H groups in total. The lowest BCUT2D eigenvalue weighted by Gasteiger charge is -2.20. The van der Waals surface area contributed by atoms with Crippen LogP contribution in [-0.4, -0.2) is 21.3 Å². The second kappa shape index (κ2) is 6.49. The summed E-state index contributed by atoms with van der Waals surface area (Å²) in [5.41, 5.74) is 0.649. The highest BCUT2D eigenvalue weighted by molar-refractivity contribution is 5.59. The fourth-order valence-electron chi connectivity index (χ4n) is 2.66. The Hall–Kier alpha value is -2.60. The number of imidazole rings is 1. The zero-order chi connectivity index (χ0) is 17.3. The molecule has 3 nitrogen and oxygen atoms in total. The molecule has 6 heteroatoms. The molecule has 0 spiro atoms. The molecule has 1 unspecified atom stereocenters. The molecule has 0 aliphatic carbocycles. The summed E-state index contributed by atoms with van der Waals surface area (Å²) in [6, 6.07) is 7.46. The van der Waals surface area contributed by atoms with E-state index in [-0.39, 0.29) is 18.0 Å². The Morgan fingerprint density at radius 3 is 2.46 bits per heavy atom. The molecule has 0 bridgehead atoms. The lowest BCUT2D eigenvalue weighted by molar-refractivity contribution is 0.250. The fourth-order valence-corrected chi connectivity index (χ4v) is 2.66. The van der Waals surface area contributed by atoms with E-state index in [0.717, 1.165) is 0 Å². The minimum Gasteiger partial charge on any atom is -0.394 e. The first-order chi connectivity index (χ1) is 11.5. The second-order valence-electron chi connectivity index (χ2n) is 5.46. The standard InChI is InChI=1S/C18H15F3N2O/c1-11-2-7-14(20)16(17(11)21)18-22-8-9-23(18)15(10-24)12-3-5-13(19)6-4-12/h2-9,15,24H,10H2,1H3. The lowest BCUT2D eigenvalue weighted by Crippen LogP contribution is -2.16. The molecule has 1 atom stereocenters. The van der Waals surface area contributed by atoms with Crippen LogP contribution in [-0.2, 0) is 0 Å². The van der Waals surface area contributed by atoms with Crippen molar-refractivity contribution in [1.29, 1.82) is 0 Å². The first-order valence-electron chi connectivity index (χ1n) is 7.37. The Morgan fingerprint density at radius 1 is 1.08 bits per heavy atom. The van der Waals surface area contributed by atoms with Crippen molar-refractivity contribution in [2.24, 2.45) is 0 Å². The highest BCUT2D eigenvalue weighted by Gasteiger charge is 2.22. The Labute approximate surface area is 137 Å². The van der Waals surface area contributed by atoms with Crippen LogP contribution in [0.25, 0.3) is 11.4 Å².